The van der Waals surface area contributed by atoms with Crippen LogP contribution in [0.2, 0.25) is 0 Å². The van der Waals surface area contributed by atoms with Crippen LogP contribution in [0.1, 0.15) is 19.4 Å². The number of nitrogens with zero attached hydrogens (tertiary/aromatic N) is 1. The molecule has 0 heterocycles. The van der Waals surface area contributed by atoms with Crippen LogP contribution in [0.15, 0.2) is 35.3 Å². The molecule has 0 spiro atoms. The van der Waals surface area contributed by atoms with Crippen molar-refractivity contribution >= 4 is 5.96 Å². The molecule has 1 rings (SSSR count). The van der Waals surface area contributed by atoms with Crippen LogP contribution in [-0.4, -0.2) is 38.8 Å². The van der Waals surface area contributed by atoms with Gasteiger partial charge in [-0.2, -0.15) is 0 Å². The van der Waals surface area contributed by atoms with E-state index in [0.29, 0.717) is 6.54 Å². The number of nitrogens with one attached hydrogen (secondary N) is 2. The van der Waals surface area contributed by atoms with Crippen LogP contribution in [-0.2, 0) is 11.2 Å². The average molecular weight is 263 g/mol. The Bertz CT molecular complexity index is 388. The minimum absolute atomic E-state index is 0.197. The molecule has 0 aliphatic heterocycles. The highest BCUT2D eigenvalue weighted by Crippen LogP contribution is 2.04. The molecular formula is C15H25N3O. The van der Waals surface area contributed by atoms with Crippen LogP contribution >= 0.6 is 0 Å². The quantitative estimate of drug-likeness (QED) is 0.608. The molecule has 4 heteroatoms. The predicted molar refractivity (Wildman–Crippen MR) is 80.6 cm³/mol. The van der Waals surface area contributed by atoms with E-state index < -0.39 is 0 Å². The summed E-state index contributed by atoms with van der Waals surface area (Å²) in [6.45, 7) is 5.65. The van der Waals surface area contributed by atoms with Gasteiger partial charge < -0.3 is 15.4 Å². The van der Waals surface area contributed by atoms with Gasteiger partial charge in [0.2, 0.25) is 0 Å². The summed E-state index contributed by atoms with van der Waals surface area (Å²) in [6.07, 6.45) is 0.981. The van der Waals surface area contributed by atoms with Crippen molar-refractivity contribution in [2.75, 3.05) is 27.2 Å². The van der Waals surface area contributed by atoms with Gasteiger partial charge in [0.25, 0.3) is 0 Å². The van der Waals surface area contributed by atoms with Crippen molar-refractivity contribution in [3.05, 3.63) is 35.9 Å². The largest absolute Gasteiger partial charge is 0.377 e. The summed E-state index contributed by atoms with van der Waals surface area (Å²) in [5, 5.41) is 6.56. The Hall–Kier alpha value is -1.55. The number of methoxy groups -OCH3 is 1. The van der Waals surface area contributed by atoms with Crippen molar-refractivity contribution in [1.29, 1.82) is 0 Å². The smallest absolute Gasteiger partial charge is 0.191 e. The van der Waals surface area contributed by atoms with Gasteiger partial charge in [0.15, 0.2) is 5.96 Å². The van der Waals surface area contributed by atoms with Crippen LogP contribution in [0.3, 0.4) is 0 Å². The molecule has 0 saturated heterocycles. The van der Waals surface area contributed by atoms with Crippen molar-refractivity contribution in [1.82, 2.24) is 10.6 Å². The number of aliphatic imine (C=N–C) groups is 1. The Balaban J connectivity index is 2.30. The summed E-state index contributed by atoms with van der Waals surface area (Å²) in [6, 6.07) is 10.4. The summed E-state index contributed by atoms with van der Waals surface area (Å²) >= 11 is 0. The molecule has 0 aliphatic rings. The third-order valence-electron chi connectivity index (χ3n) is 3.01. The third kappa shape index (κ3) is 6.25. The highest BCUT2D eigenvalue weighted by molar-refractivity contribution is 5.79. The Labute approximate surface area is 116 Å². The van der Waals surface area contributed by atoms with Crippen molar-refractivity contribution < 1.29 is 4.74 Å². The maximum Gasteiger partial charge on any atom is 0.191 e. The van der Waals surface area contributed by atoms with Crippen molar-refractivity contribution in [3.8, 4) is 0 Å². The number of hydrogen-bond donors (Lipinski definition) is 2. The molecule has 2 N–H and O–H groups in total. The molecule has 0 atom stereocenters. The van der Waals surface area contributed by atoms with Gasteiger partial charge in [0, 0.05) is 27.2 Å². The van der Waals surface area contributed by atoms with Crippen LogP contribution in [0.4, 0.5) is 0 Å². The highest BCUT2D eigenvalue weighted by atomic mass is 16.5. The van der Waals surface area contributed by atoms with E-state index in [9.17, 15) is 0 Å². The van der Waals surface area contributed by atoms with E-state index >= 15 is 0 Å². The second-order valence-electron chi connectivity index (χ2n) is 5.05. The van der Waals surface area contributed by atoms with Crippen LogP contribution < -0.4 is 10.6 Å². The molecule has 1 aromatic rings. The fourth-order valence-corrected chi connectivity index (χ4v) is 1.56. The Kier molecular flexibility index (Phi) is 6.36. The van der Waals surface area contributed by atoms with Crippen molar-refractivity contribution in [3.63, 3.8) is 0 Å². The first kappa shape index (κ1) is 15.5. The zero-order valence-electron chi connectivity index (χ0n) is 12.4. The zero-order valence-corrected chi connectivity index (χ0v) is 12.4. The summed E-state index contributed by atoms with van der Waals surface area (Å²) < 4.78 is 5.36. The molecule has 1 aromatic carbocycles. The molecule has 106 valence electrons. The van der Waals surface area contributed by atoms with Gasteiger partial charge in [0.05, 0.1) is 5.60 Å². The van der Waals surface area contributed by atoms with Gasteiger partial charge in [-0.25, -0.2) is 0 Å². The first-order valence-electron chi connectivity index (χ1n) is 6.61. The molecule has 4 nitrogen and oxygen atoms in total. The van der Waals surface area contributed by atoms with Gasteiger partial charge in [-0.15, -0.1) is 0 Å². The van der Waals surface area contributed by atoms with E-state index in [0.717, 1.165) is 18.9 Å². The van der Waals surface area contributed by atoms with Crippen molar-refractivity contribution in [2.24, 2.45) is 4.99 Å². The van der Waals surface area contributed by atoms with Gasteiger partial charge in [0.1, 0.15) is 0 Å². The number of hydrogen-bond acceptors (Lipinski definition) is 2. The molecule has 0 saturated carbocycles. The van der Waals surface area contributed by atoms with Crippen LogP contribution in [0, 0.1) is 0 Å². The monoisotopic (exact) mass is 263 g/mol. The van der Waals surface area contributed by atoms with E-state index in [1.54, 1.807) is 14.2 Å². The van der Waals surface area contributed by atoms with Gasteiger partial charge in [-0.1, -0.05) is 30.3 Å². The predicted octanol–water partition coefficient (Wildman–Crippen LogP) is 1.82. The lowest BCUT2D eigenvalue weighted by atomic mass is 10.1. The van der Waals surface area contributed by atoms with E-state index in [-0.39, 0.29) is 5.60 Å². The van der Waals surface area contributed by atoms with Crippen LogP contribution in [0.5, 0.6) is 0 Å². The second-order valence-corrected chi connectivity index (χ2v) is 5.05. The van der Waals surface area contributed by atoms with E-state index in [4.69, 9.17) is 4.74 Å². The SMILES string of the molecule is CN=C(NCCc1ccccc1)NCC(C)(C)OC. The van der Waals surface area contributed by atoms with Crippen molar-refractivity contribution in [2.45, 2.75) is 25.9 Å². The fourth-order valence-electron chi connectivity index (χ4n) is 1.56. The van der Waals surface area contributed by atoms with E-state index in [2.05, 4.69) is 39.9 Å². The fraction of sp³-hybridized carbons (Fsp3) is 0.533. The number of ether oxygens (including phenoxy) is 1. The topological polar surface area (TPSA) is 45.7 Å². The Morgan fingerprint density at radius 2 is 1.89 bits per heavy atom. The molecule has 0 aliphatic carbocycles. The van der Waals surface area contributed by atoms with Crippen LogP contribution in [0.25, 0.3) is 0 Å². The highest BCUT2D eigenvalue weighted by Gasteiger charge is 2.16. The lowest BCUT2D eigenvalue weighted by Gasteiger charge is -2.24. The second kappa shape index (κ2) is 7.79. The van der Waals surface area contributed by atoms with E-state index in [1.165, 1.54) is 5.56 Å². The maximum absolute atomic E-state index is 5.36. The Morgan fingerprint density at radius 1 is 1.21 bits per heavy atom. The Morgan fingerprint density at radius 3 is 2.47 bits per heavy atom. The summed E-state index contributed by atoms with van der Waals surface area (Å²) in [5.74, 6) is 0.807. The minimum Gasteiger partial charge on any atom is -0.377 e. The molecule has 0 amide bonds. The van der Waals surface area contributed by atoms with Gasteiger partial charge >= 0.3 is 0 Å². The lowest BCUT2D eigenvalue weighted by Crippen LogP contribution is -2.45. The average Bonchev–Trinajstić information content (AvgIpc) is 2.43. The van der Waals surface area contributed by atoms with Gasteiger partial charge in [-0.05, 0) is 25.8 Å². The summed E-state index contributed by atoms with van der Waals surface area (Å²) in [7, 11) is 3.49. The molecule has 0 fully saturated rings. The molecule has 0 radical (unpaired) electrons. The van der Waals surface area contributed by atoms with Gasteiger partial charge in [-0.3, -0.25) is 4.99 Å². The standard InChI is InChI=1S/C15H25N3O/c1-15(2,19-4)12-18-14(16-3)17-11-10-13-8-6-5-7-9-13/h5-9H,10-12H2,1-4H3,(H2,16,17,18). The zero-order chi connectivity index (χ0) is 14.1. The summed E-state index contributed by atoms with van der Waals surface area (Å²) in [4.78, 5) is 4.20. The normalized spacial score (nSPS) is 12.3. The lowest BCUT2D eigenvalue weighted by molar-refractivity contribution is 0.0268. The molecule has 19 heavy (non-hydrogen) atoms. The maximum atomic E-state index is 5.36. The summed E-state index contributed by atoms with van der Waals surface area (Å²) in [5.41, 5.74) is 1.12. The molecule has 0 aromatic heterocycles. The number of guanidine groups is 1. The van der Waals surface area contributed by atoms with E-state index in [1.807, 2.05) is 19.9 Å². The molecule has 0 bridgehead atoms. The molecule has 0 unspecified atom stereocenters. The molecular weight excluding hydrogens is 238 g/mol. The minimum atomic E-state index is -0.197. The number of rotatable bonds is 6. The first-order valence-corrected chi connectivity index (χ1v) is 6.61. The first-order chi connectivity index (χ1) is 9.07. The number of benzene rings is 1. The third-order valence-corrected chi connectivity index (χ3v) is 3.01.